The Labute approximate surface area is 177 Å². The number of carbonyl (C=O) groups excluding carboxylic acids is 3. The van der Waals surface area contributed by atoms with E-state index in [1.54, 1.807) is 67.7 Å². The Hall–Kier alpha value is -3.65. The molecular formula is C22H20N2O5S. The van der Waals surface area contributed by atoms with Gasteiger partial charge in [0.15, 0.2) is 6.61 Å². The molecule has 1 aromatic heterocycles. The zero-order valence-corrected chi connectivity index (χ0v) is 17.3. The first-order valence-electron chi connectivity index (χ1n) is 9.02. The van der Waals surface area contributed by atoms with Crippen molar-refractivity contribution >= 4 is 40.5 Å². The predicted molar refractivity (Wildman–Crippen MR) is 115 cm³/mol. The van der Waals surface area contributed by atoms with E-state index in [1.165, 1.54) is 23.3 Å². The van der Waals surface area contributed by atoms with Crippen LogP contribution in [0.15, 0.2) is 66.0 Å². The van der Waals surface area contributed by atoms with E-state index < -0.39 is 18.5 Å². The summed E-state index contributed by atoms with van der Waals surface area (Å²) in [6.07, 6.45) is 0. The van der Waals surface area contributed by atoms with E-state index in [4.69, 9.17) is 9.47 Å². The van der Waals surface area contributed by atoms with Crippen molar-refractivity contribution in [1.29, 1.82) is 0 Å². The number of esters is 1. The molecule has 0 aliphatic heterocycles. The maximum absolute atomic E-state index is 12.6. The molecule has 2 amide bonds. The van der Waals surface area contributed by atoms with Crippen LogP contribution in [0.25, 0.3) is 0 Å². The van der Waals surface area contributed by atoms with Gasteiger partial charge in [0.1, 0.15) is 5.75 Å². The quantitative estimate of drug-likeness (QED) is 0.583. The first kappa shape index (κ1) is 21.1. The van der Waals surface area contributed by atoms with E-state index in [-0.39, 0.29) is 11.5 Å². The molecule has 30 heavy (non-hydrogen) atoms. The number of hydrogen-bond acceptors (Lipinski definition) is 6. The van der Waals surface area contributed by atoms with Gasteiger partial charge in [0, 0.05) is 7.05 Å². The van der Waals surface area contributed by atoms with Gasteiger partial charge in [-0.1, -0.05) is 30.3 Å². The van der Waals surface area contributed by atoms with Crippen LogP contribution in [-0.2, 0) is 9.53 Å². The SMILES string of the molecule is COc1ccccc1NC(=O)COC(=O)c1ccccc1N(C)C(=O)c1cccs1. The number of rotatable bonds is 7. The molecule has 154 valence electrons. The molecule has 0 fully saturated rings. The zero-order chi connectivity index (χ0) is 21.5. The molecule has 0 aliphatic rings. The molecule has 0 spiro atoms. The van der Waals surface area contributed by atoms with Crippen LogP contribution in [0, 0.1) is 0 Å². The first-order chi connectivity index (χ1) is 14.5. The van der Waals surface area contributed by atoms with Gasteiger partial charge < -0.3 is 19.7 Å². The summed E-state index contributed by atoms with van der Waals surface area (Å²) in [5.74, 6) is -0.949. The normalized spacial score (nSPS) is 10.2. The van der Waals surface area contributed by atoms with Crippen molar-refractivity contribution in [3.05, 3.63) is 76.5 Å². The largest absolute Gasteiger partial charge is 0.495 e. The molecular weight excluding hydrogens is 404 g/mol. The smallest absolute Gasteiger partial charge is 0.340 e. The Balaban J connectivity index is 1.67. The highest BCUT2D eigenvalue weighted by Crippen LogP contribution is 2.24. The summed E-state index contributed by atoms with van der Waals surface area (Å²) in [6, 6.07) is 17.0. The third-order valence-electron chi connectivity index (χ3n) is 4.24. The van der Waals surface area contributed by atoms with Crippen LogP contribution in [0.5, 0.6) is 5.75 Å². The van der Waals surface area contributed by atoms with Crippen LogP contribution in [0.4, 0.5) is 11.4 Å². The average molecular weight is 424 g/mol. The van der Waals surface area contributed by atoms with Crippen molar-refractivity contribution in [2.24, 2.45) is 0 Å². The van der Waals surface area contributed by atoms with Gasteiger partial charge in [0.05, 0.1) is 28.9 Å². The summed E-state index contributed by atoms with van der Waals surface area (Å²) in [5, 5.41) is 4.45. The molecule has 0 atom stereocenters. The molecule has 0 aliphatic carbocycles. The van der Waals surface area contributed by atoms with Gasteiger partial charge in [0.25, 0.3) is 11.8 Å². The second-order valence-electron chi connectivity index (χ2n) is 6.18. The highest BCUT2D eigenvalue weighted by atomic mass is 32.1. The fraction of sp³-hybridized carbons (Fsp3) is 0.136. The van der Waals surface area contributed by atoms with Crippen LogP contribution < -0.4 is 15.0 Å². The summed E-state index contributed by atoms with van der Waals surface area (Å²) < 4.78 is 10.3. The lowest BCUT2D eigenvalue weighted by Gasteiger charge is -2.19. The second-order valence-corrected chi connectivity index (χ2v) is 7.13. The van der Waals surface area contributed by atoms with Crippen molar-refractivity contribution < 1.29 is 23.9 Å². The Morgan fingerprint density at radius 3 is 2.47 bits per heavy atom. The van der Waals surface area contributed by atoms with E-state index in [1.807, 2.05) is 5.38 Å². The number of anilines is 2. The number of para-hydroxylation sites is 3. The van der Waals surface area contributed by atoms with Crippen LogP contribution in [0.2, 0.25) is 0 Å². The van der Waals surface area contributed by atoms with Crippen molar-refractivity contribution in [3.8, 4) is 5.75 Å². The average Bonchev–Trinajstić information content (AvgIpc) is 3.32. The molecule has 1 heterocycles. The number of hydrogen-bond donors (Lipinski definition) is 1. The fourth-order valence-corrected chi connectivity index (χ4v) is 3.46. The number of benzene rings is 2. The molecule has 2 aromatic carbocycles. The van der Waals surface area contributed by atoms with Crippen molar-refractivity contribution in [2.45, 2.75) is 0 Å². The summed E-state index contributed by atoms with van der Waals surface area (Å²) in [4.78, 5) is 39.3. The molecule has 0 unspecified atom stereocenters. The van der Waals surface area contributed by atoms with E-state index in [2.05, 4.69) is 5.32 Å². The van der Waals surface area contributed by atoms with Crippen LogP contribution in [0.1, 0.15) is 20.0 Å². The summed E-state index contributed by atoms with van der Waals surface area (Å²) in [5.41, 5.74) is 1.06. The second kappa shape index (κ2) is 9.71. The zero-order valence-electron chi connectivity index (χ0n) is 16.5. The van der Waals surface area contributed by atoms with Gasteiger partial charge in [0.2, 0.25) is 0 Å². The van der Waals surface area contributed by atoms with E-state index >= 15 is 0 Å². The van der Waals surface area contributed by atoms with Gasteiger partial charge in [-0.3, -0.25) is 9.59 Å². The molecule has 0 bridgehead atoms. The Morgan fingerprint density at radius 2 is 1.73 bits per heavy atom. The van der Waals surface area contributed by atoms with Gasteiger partial charge in [-0.05, 0) is 35.7 Å². The minimum absolute atomic E-state index is 0.190. The number of carbonyl (C=O) groups is 3. The standard InChI is InChI=1S/C22H20N2O5S/c1-24(21(26)19-12-7-13-30-19)17-10-5-3-8-15(17)22(27)29-14-20(25)23-16-9-4-6-11-18(16)28-2/h3-13H,14H2,1-2H3,(H,23,25). The molecule has 0 saturated heterocycles. The number of nitrogens with one attached hydrogen (secondary N) is 1. The van der Waals surface area contributed by atoms with E-state index in [0.717, 1.165) is 0 Å². The minimum Gasteiger partial charge on any atom is -0.495 e. The lowest BCUT2D eigenvalue weighted by Crippen LogP contribution is -2.28. The lowest BCUT2D eigenvalue weighted by molar-refractivity contribution is -0.119. The van der Waals surface area contributed by atoms with Crippen LogP contribution in [-0.4, -0.2) is 38.5 Å². The summed E-state index contributed by atoms with van der Waals surface area (Å²) in [7, 11) is 3.08. The molecule has 0 saturated carbocycles. The number of amides is 2. The fourth-order valence-electron chi connectivity index (χ4n) is 2.76. The first-order valence-corrected chi connectivity index (χ1v) is 9.90. The highest BCUT2D eigenvalue weighted by Gasteiger charge is 2.21. The molecule has 1 N–H and O–H groups in total. The maximum Gasteiger partial charge on any atom is 0.340 e. The summed E-state index contributed by atoms with van der Waals surface area (Å²) >= 11 is 1.32. The number of ether oxygens (including phenoxy) is 2. The highest BCUT2D eigenvalue weighted by molar-refractivity contribution is 7.12. The topological polar surface area (TPSA) is 84.9 Å². The molecule has 7 nitrogen and oxygen atoms in total. The van der Waals surface area contributed by atoms with Gasteiger partial charge in [-0.25, -0.2) is 4.79 Å². The van der Waals surface area contributed by atoms with Crippen LogP contribution >= 0.6 is 11.3 Å². The molecule has 8 heteroatoms. The van der Waals surface area contributed by atoms with Crippen molar-refractivity contribution in [2.75, 3.05) is 31.0 Å². The molecule has 3 rings (SSSR count). The number of methoxy groups -OCH3 is 1. The van der Waals surface area contributed by atoms with Gasteiger partial charge >= 0.3 is 5.97 Å². The van der Waals surface area contributed by atoms with Gasteiger partial charge in [-0.2, -0.15) is 0 Å². The third kappa shape index (κ3) is 4.84. The third-order valence-corrected chi connectivity index (χ3v) is 5.10. The molecule has 0 radical (unpaired) electrons. The van der Waals surface area contributed by atoms with Crippen LogP contribution in [0.3, 0.4) is 0 Å². The van der Waals surface area contributed by atoms with E-state index in [9.17, 15) is 14.4 Å². The Morgan fingerprint density at radius 1 is 1.00 bits per heavy atom. The predicted octanol–water partition coefficient (Wildman–Crippen LogP) is 3.83. The number of thiophene rings is 1. The molecule has 3 aromatic rings. The minimum atomic E-state index is -0.702. The Bertz CT molecular complexity index is 1050. The summed E-state index contributed by atoms with van der Waals surface area (Å²) in [6.45, 7) is -0.478. The van der Waals surface area contributed by atoms with Crippen molar-refractivity contribution in [3.63, 3.8) is 0 Å². The Kier molecular flexibility index (Phi) is 6.82. The van der Waals surface area contributed by atoms with E-state index in [0.29, 0.717) is 22.0 Å². The maximum atomic E-state index is 12.6. The van der Waals surface area contributed by atoms with Gasteiger partial charge in [-0.15, -0.1) is 11.3 Å². The number of nitrogens with zero attached hydrogens (tertiary/aromatic N) is 1. The monoisotopic (exact) mass is 424 g/mol. The lowest BCUT2D eigenvalue weighted by atomic mass is 10.1. The van der Waals surface area contributed by atoms with Crippen molar-refractivity contribution in [1.82, 2.24) is 0 Å².